The van der Waals surface area contributed by atoms with Crippen molar-refractivity contribution >= 4 is 22.4 Å². The van der Waals surface area contributed by atoms with Gasteiger partial charge >= 0.3 is 0 Å². The van der Waals surface area contributed by atoms with E-state index in [1.165, 1.54) is 21.9 Å². The zero-order valence-corrected chi connectivity index (χ0v) is 15.4. The van der Waals surface area contributed by atoms with Gasteiger partial charge in [0.25, 0.3) is 0 Å². The minimum absolute atomic E-state index is 0.160. The van der Waals surface area contributed by atoms with E-state index < -0.39 is 0 Å². The van der Waals surface area contributed by atoms with Crippen LogP contribution >= 0.6 is 0 Å². The van der Waals surface area contributed by atoms with Crippen LogP contribution in [0.2, 0.25) is 0 Å². The Hall–Kier alpha value is -2.65. The highest BCUT2D eigenvalue weighted by Crippen LogP contribution is 2.28. The molecular formula is C23H24N2O. The van der Waals surface area contributed by atoms with Crippen molar-refractivity contribution in [1.82, 2.24) is 4.90 Å². The summed E-state index contributed by atoms with van der Waals surface area (Å²) >= 11 is 0. The van der Waals surface area contributed by atoms with Crippen molar-refractivity contribution in [1.29, 1.82) is 0 Å². The third kappa shape index (κ3) is 3.11. The lowest BCUT2D eigenvalue weighted by Gasteiger charge is -2.28. The number of rotatable bonds is 4. The van der Waals surface area contributed by atoms with Crippen LogP contribution in [-0.4, -0.2) is 30.4 Å². The van der Waals surface area contributed by atoms with E-state index in [1.54, 1.807) is 0 Å². The van der Waals surface area contributed by atoms with Crippen molar-refractivity contribution in [2.75, 3.05) is 18.5 Å². The van der Waals surface area contributed by atoms with Gasteiger partial charge in [-0.25, -0.2) is 0 Å². The number of likely N-dealkylation sites (N-methyl/N-ethyl adjacent to an activating group) is 1. The van der Waals surface area contributed by atoms with E-state index in [-0.39, 0.29) is 11.9 Å². The normalized spacial score (nSPS) is 14.7. The van der Waals surface area contributed by atoms with Crippen LogP contribution in [0.25, 0.3) is 10.8 Å². The molecule has 1 aliphatic rings. The average Bonchev–Trinajstić information content (AvgIpc) is 3.11. The molecule has 4 rings (SSSR count). The molecule has 1 unspecified atom stereocenters. The maximum Gasteiger partial charge on any atom is 0.244 e. The van der Waals surface area contributed by atoms with Gasteiger partial charge in [-0.3, -0.25) is 9.69 Å². The lowest BCUT2D eigenvalue weighted by Crippen LogP contribution is -2.45. The quantitative estimate of drug-likeness (QED) is 0.706. The van der Waals surface area contributed by atoms with Crippen molar-refractivity contribution in [2.45, 2.75) is 25.9 Å². The summed E-state index contributed by atoms with van der Waals surface area (Å²) in [7, 11) is 2.03. The molecule has 0 saturated carbocycles. The first-order valence-electron chi connectivity index (χ1n) is 9.21. The second-order valence-corrected chi connectivity index (χ2v) is 7.14. The Balaban J connectivity index is 1.48. The van der Waals surface area contributed by atoms with Gasteiger partial charge in [-0.05, 0) is 54.4 Å². The van der Waals surface area contributed by atoms with Gasteiger partial charge in [0.2, 0.25) is 5.91 Å². The van der Waals surface area contributed by atoms with E-state index >= 15 is 0 Å². The highest BCUT2D eigenvalue weighted by Gasteiger charge is 2.29. The summed E-state index contributed by atoms with van der Waals surface area (Å²) in [6.45, 7) is 3.55. The minimum Gasteiger partial charge on any atom is -0.310 e. The molecule has 1 heterocycles. The molecule has 1 amide bonds. The van der Waals surface area contributed by atoms with Gasteiger partial charge in [-0.15, -0.1) is 0 Å². The molecule has 0 aliphatic carbocycles. The van der Waals surface area contributed by atoms with Crippen LogP contribution in [0.1, 0.15) is 18.1 Å². The molecule has 1 atom stereocenters. The number of fused-ring (bicyclic) bond motifs is 2. The first kappa shape index (κ1) is 16.8. The van der Waals surface area contributed by atoms with E-state index in [2.05, 4.69) is 59.5 Å². The maximum absolute atomic E-state index is 13.0. The van der Waals surface area contributed by atoms with E-state index in [4.69, 9.17) is 0 Å². The second kappa shape index (κ2) is 6.93. The van der Waals surface area contributed by atoms with Gasteiger partial charge in [0.05, 0.1) is 6.04 Å². The Morgan fingerprint density at radius 3 is 2.62 bits per heavy atom. The summed E-state index contributed by atoms with van der Waals surface area (Å²) in [5, 5.41) is 2.49. The SMILES string of the molecule is CC(C(=O)N1CCc2ccccc21)N(C)Cc1ccc2ccccc2c1. The van der Waals surface area contributed by atoms with Crippen molar-refractivity contribution < 1.29 is 4.79 Å². The second-order valence-electron chi connectivity index (χ2n) is 7.14. The number of anilines is 1. The Morgan fingerprint density at radius 2 is 1.77 bits per heavy atom. The number of benzene rings is 3. The Labute approximate surface area is 154 Å². The van der Waals surface area contributed by atoms with Gasteiger partial charge < -0.3 is 4.90 Å². The van der Waals surface area contributed by atoms with Crippen molar-refractivity contribution in [3.63, 3.8) is 0 Å². The van der Waals surface area contributed by atoms with Crippen LogP contribution < -0.4 is 4.90 Å². The maximum atomic E-state index is 13.0. The molecule has 3 aromatic carbocycles. The fourth-order valence-corrected chi connectivity index (χ4v) is 3.74. The number of amides is 1. The lowest BCUT2D eigenvalue weighted by molar-refractivity contribution is -0.122. The number of hydrogen-bond donors (Lipinski definition) is 0. The van der Waals surface area contributed by atoms with E-state index in [9.17, 15) is 4.79 Å². The van der Waals surface area contributed by atoms with E-state index in [1.807, 2.05) is 31.0 Å². The number of hydrogen-bond acceptors (Lipinski definition) is 2. The van der Waals surface area contributed by atoms with Crippen LogP contribution in [0.4, 0.5) is 5.69 Å². The number of nitrogens with zero attached hydrogens (tertiary/aromatic N) is 2. The molecule has 132 valence electrons. The Bertz CT molecular complexity index is 950. The van der Waals surface area contributed by atoms with Crippen molar-refractivity contribution in [3.8, 4) is 0 Å². The molecule has 3 nitrogen and oxygen atoms in total. The standard InChI is InChI=1S/C23H24N2O/c1-17(23(26)25-14-13-20-8-5-6-10-22(20)25)24(2)16-18-11-12-19-7-3-4-9-21(19)15-18/h3-12,15,17H,13-14,16H2,1-2H3. The molecule has 0 fully saturated rings. The largest absolute Gasteiger partial charge is 0.310 e. The molecule has 0 spiro atoms. The summed E-state index contributed by atoms with van der Waals surface area (Å²) in [6, 6.07) is 23.0. The summed E-state index contributed by atoms with van der Waals surface area (Å²) in [5.74, 6) is 0.179. The van der Waals surface area contributed by atoms with Crippen LogP contribution in [0.15, 0.2) is 66.7 Å². The average molecular weight is 344 g/mol. The van der Waals surface area contributed by atoms with Gasteiger partial charge in [0, 0.05) is 18.8 Å². The summed E-state index contributed by atoms with van der Waals surface area (Å²) in [6.07, 6.45) is 0.947. The summed E-state index contributed by atoms with van der Waals surface area (Å²) in [4.78, 5) is 17.1. The topological polar surface area (TPSA) is 23.6 Å². The Morgan fingerprint density at radius 1 is 1.04 bits per heavy atom. The number of carbonyl (C=O) groups excluding carboxylic acids is 1. The zero-order chi connectivity index (χ0) is 18.1. The zero-order valence-electron chi connectivity index (χ0n) is 15.4. The summed E-state index contributed by atoms with van der Waals surface area (Å²) < 4.78 is 0. The van der Waals surface area contributed by atoms with Crippen LogP contribution in [0.5, 0.6) is 0 Å². The Kier molecular flexibility index (Phi) is 4.48. The van der Waals surface area contributed by atoms with E-state index in [0.717, 1.165) is 25.2 Å². The predicted molar refractivity (Wildman–Crippen MR) is 107 cm³/mol. The van der Waals surface area contributed by atoms with Crippen molar-refractivity contribution in [2.24, 2.45) is 0 Å². The molecule has 0 aromatic heterocycles. The molecule has 3 heteroatoms. The summed E-state index contributed by atoms with van der Waals surface area (Å²) in [5.41, 5.74) is 3.57. The molecule has 3 aromatic rings. The third-order valence-corrected chi connectivity index (χ3v) is 5.42. The number of carbonyl (C=O) groups is 1. The fraction of sp³-hybridized carbons (Fsp3) is 0.261. The molecule has 1 aliphatic heterocycles. The lowest BCUT2D eigenvalue weighted by atomic mass is 10.1. The van der Waals surface area contributed by atoms with Gasteiger partial charge in [0.1, 0.15) is 0 Å². The minimum atomic E-state index is -0.160. The van der Waals surface area contributed by atoms with Crippen molar-refractivity contribution in [3.05, 3.63) is 77.9 Å². The number of para-hydroxylation sites is 1. The molecular weight excluding hydrogens is 320 g/mol. The monoisotopic (exact) mass is 344 g/mol. The first-order valence-corrected chi connectivity index (χ1v) is 9.21. The highest BCUT2D eigenvalue weighted by molar-refractivity contribution is 5.98. The van der Waals surface area contributed by atoms with Crippen LogP contribution in [0, 0.1) is 0 Å². The van der Waals surface area contributed by atoms with Gasteiger partial charge in [0.15, 0.2) is 0 Å². The van der Waals surface area contributed by atoms with Gasteiger partial charge in [-0.2, -0.15) is 0 Å². The van der Waals surface area contributed by atoms with Crippen LogP contribution in [0.3, 0.4) is 0 Å². The molecule has 0 N–H and O–H groups in total. The first-order chi connectivity index (χ1) is 12.6. The molecule has 0 radical (unpaired) electrons. The predicted octanol–water partition coefficient (Wildman–Crippen LogP) is 4.25. The molecule has 0 saturated heterocycles. The van der Waals surface area contributed by atoms with E-state index in [0.29, 0.717) is 0 Å². The highest BCUT2D eigenvalue weighted by atomic mass is 16.2. The smallest absolute Gasteiger partial charge is 0.244 e. The third-order valence-electron chi connectivity index (χ3n) is 5.42. The molecule has 0 bridgehead atoms. The molecule has 26 heavy (non-hydrogen) atoms. The van der Waals surface area contributed by atoms with Crippen LogP contribution in [-0.2, 0) is 17.8 Å². The van der Waals surface area contributed by atoms with Gasteiger partial charge in [-0.1, -0.05) is 54.6 Å². The fourth-order valence-electron chi connectivity index (χ4n) is 3.74.